The Morgan fingerprint density at radius 2 is 2.11 bits per heavy atom. The Kier molecular flexibility index (Phi) is 4.37. The summed E-state index contributed by atoms with van der Waals surface area (Å²) in [4.78, 5) is 12.9. The van der Waals surface area contributed by atoms with Gasteiger partial charge in [-0.15, -0.1) is 0 Å². The number of benzene rings is 1. The Morgan fingerprint density at radius 3 is 2.63 bits per heavy atom. The van der Waals surface area contributed by atoms with E-state index in [0.717, 1.165) is 31.8 Å². The molecular weight excluding hydrogens is 244 g/mol. The third kappa shape index (κ3) is 3.04. The molecule has 1 N–H and O–H groups in total. The maximum atomic E-state index is 11.2. The van der Waals surface area contributed by atoms with Gasteiger partial charge in [-0.05, 0) is 30.4 Å². The molecule has 0 unspecified atom stereocenters. The van der Waals surface area contributed by atoms with Crippen LogP contribution in [0.25, 0.3) is 0 Å². The molecule has 5 heteroatoms. The van der Waals surface area contributed by atoms with Crippen molar-refractivity contribution in [3.05, 3.63) is 33.9 Å². The van der Waals surface area contributed by atoms with Crippen LogP contribution in [0.15, 0.2) is 18.2 Å². The van der Waals surface area contributed by atoms with E-state index in [1.54, 1.807) is 12.1 Å². The number of aliphatic hydroxyl groups is 1. The van der Waals surface area contributed by atoms with E-state index in [9.17, 15) is 10.1 Å². The van der Waals surface area contributed by atoms with E-state index in [4.69, 9.17) is 5.11 Å². The average Bonchev–Trinajstić information content (AvgIpc) is 2.46. The summed E-state index contributed by atoms with van der Waals surface area (Å²) in [6.07, 6.45) is 3.37. The second kappa shape index (κ2) is 6.02. The van der Waals surface area contributed by atoms with Crippen molar-refractivity contribution >= 4 is 11.4 Å². The molecule has 1 heterocycles. The summed E-state index contributed by atoms with van der Waals surface area (Å²) < 4.78 is 0. The number of nitro groups is 1. The first-order chi connectivity index (χ1) is 9.15. The fraction of sp³-hybridized carbons (Fsp3) is 0.571. The fourth-order valence-corrected chi connectivity index (χ4v) is 2.66. The second-order valence-corrected chi connectivity index (χ2v) is 5.08. The molecule has 1 fully saturated rings. The largest absolute Gasteiger partial charge is 0.392 e. The number of hydrogen-bond donors (Lipinski definition) is 1. The molecule has 104 valence electrons. The van der Waals surface area contributed by atoms with Gasteiger partial charge in [0.2, 0.25) is 0 Å². The van der Waals surface area contributed by atoms with Gasteiger partial charge in [-0.25, -0.2) is 0 Å². The first-order valence-corrected chi connectivity index (χ1v) is 6.78. The Labute approximate surface area is 113 Å². The van der Waals surface area contributed by atoms with Crippen molar-refractivity contribution in [3.63, 3.8) is 0 Å². The van der Waals surface area contributed by atoms with Crippen LogP contribution in [0.5, 0.6) is 0 Å². The lowest BCUT2D eigenvalue weighted by Crippen LogP contribution is -2.33. The number of piperidine rings is 1. The van der Waals surface area contributed by atoms with Gasteiger partial charge in [-0.3, -0.25) is 10.1 Å². The molecule has 1 aliphatic heterocycles. The molecule has 0 radical (unpaired) electrons. The maximum absolute atomic E-state index is 11.2. The minimum atomic E-state index is -0.361. The monoisotopic (exact) mass is 264 g/mol. The van der Waals surface area contributed by atoms with Crippen LogP contribution < -0.4 is 4.90 Å². The Balaban J connectivity index is 2.22. The number of hydrogen-bond acceptors (Lipinski definition) is 4. The van der Waals surface area contributed by atoms with Crippen molar-refractivity contribution in [2.75, 3.05) is 18.0 Å². The van der Waals surface area contributed by atoms with Crippen LogP contribution in [0.3, 0.4) is 0 Å². The van der Waals surface area contributed by atoms with Crippen molar-refractivity contribution in [2.24, 2.45) is 5.92 Å². The van der Waals surface area contributed by atoms with E-state index in [1.807, 2.05) is 0 Å². The molecule has 0 amide bonds. The third-order valence-corrected chi connectivity index (χ3v) is 3.95. The predicted molar refractivity (Wildman–Crippen MR) is 74.2 cm³/mol. The number of aliphatic hydroxyl groups excluding tert-OH is 1. The van der Waals surface area contributed by atoms with Crippen molar-refractivity contribution in [3.8, 4) is 0 Å². The van der Waals surface area contributed by atoms with E-state index in [0.29, 0.717) is 11.3 Å². The Hall–Kier alpha value is -1.62. The molecule has 0 aromatic heterocycles. The lowest BCUT2D eigenvalue weighted by Gasteiger charge is -2.32. The SMILES string of the molecule is CCC1CCN(c2ccc(CO)cc2[N+](=O)[O-])CC1. The zero-order chi connectivity index (χ0) is 13.8. The van der Waals surface area contributed by atoms with E-state index in [2.05, 4.69) is 11.8 Å². The second-order valence-electron chi connectivity index (χ2n) is 5.08. The minimum Gasteiger partial charge on any atom is -0.392 e. The van der Waals surface area contributed by atoms with Gasteiger partial charge in [0.15, 0.2) is 0 Å². The lowest BCUT2D eigenvalue weighted by molar-refractivity contribution is -0.384. The summed E-state index contributed by atoms with van der Waals surface area (Å²) in [5.41, 5.74) is 1.36. The van der Waals surface area contributed by atoms with Gasteiger partial charge in [-0.1, -0.05) is 19.4 Å². The molecule has 19 heavy (non-hydrogen) atoms. The van der Waals surface area contributed by atoms with E-state index < -0.39 is 0 Å². The first kappa shape index (κ1) is 13.8. The molecule has 0 saturated carbocycles. The summed E-state index contributed by atoms with van der Waals surface area (Å²) in [6, 6.07) is 4.99. The van der Waals surface area contributed by atoms with Crippen LogP contribution in [0.1, 0.15) is 31.7 Å². The van der Waals surface area contributed by atoms with Crippen molar-refractivity contribution in [1.82, 2.24) is 0 Å². The molecule has 5 nitrogen and oxygen atoms in total. The third-order valence-electron chi connectivity index (χ3n) is 3.95. The molecule has 1 aromatic rings. The molecule has 0 spiro atoms. The zero-order valence-corrected chi connectivity index (χ0v) is 11.2. The Morgan fingerprint density at radius 1 is 1.42 bits per heavy atom. The number of anilines is 1. The molecule has 2 rings (SSSR count). The zero-order valence-electron chi connectivity index (χ0n) is 11.2. The summed E-state index contributed by atoms with van der Waals surface area (Å²) >= 11 is 0. The predicted octanol–water partition coefficient (Wildman–Crippen LogP) is 2.71. The van der Waals surface area contributed by atoms with Gasteiger partial charge >= 0.3 is 0 Å². The molecule has 0 atom stereocenters. The summed E-state index contributed by atoms with van der Waals surface area (Å²) in [5, 5.41) is 20.2. The quantitative estimate of drug-likeness (QED) is 0.670. The molecule has 1 aliphatic rings. The minimum absolute atomic E-state index is 0.0986. The van der Waals surface area contributed by atoms with Crippen LogP contribution >= 0.6 is 0 Å². The van der Waals surface area contributed by atoms with Crippen LogP contribution in [0, 0.1) is 16.0 Å². The van der Waals surface area contributed by atoms with Crippen LogP contribution in [-0.4, -0.2) is 23.1 Å². The number of nitrogens with zero attached hydrogens (tertiary/aromatic N) is 2. The average molecular weight is 264 g/mol. The normalized spacial score (nSPS) is 16.6. The van der Waals surface area contributed by atoms with E-state index in [-0.39, 0.29) is 17.2 Å². The maximum Gasteiger partial charge on any atom is 0.292 e. The van der Waals surface area contributed by atoms with Crippen molar-refractivity contribution in [1.29, 1.82) is 0 Å². The highest BCUT2D eigenvalue weighted by Gasteiger charge is 2.24. The highest BCUT2D eigenvalue weighted by Crippen LogP contribution is 2.32. The molecule has 1 aromatic carbocycles. The van der Waals surface area contributed by atoms with Gasteiger partial charge in [0.05, 0.1) is 11.5 Å². The van der Waals surface area contributed by atoms with E-state index in [1.165, 1.54) is 12.5 Å². The summed E-state index contributed by atoms with van der Waals surface area (Å²) in [6.45, 7) is 3.77. The van der Waals surface area contributed by atoms with Crippen molar-refractivity contribution < 1.29 is 10.0 Å². The van der Waals surface area contributed by atoms with Gasteiger partial charge < -0.3 is 10.0 Å². The molecular formula is C14H20N2O3. The topological polar surface area (TPSA) is 66.6 Å². The van der Waals surface area contributed by atoms with Crippen LogP contribution in [0.2, 0.25) is 0 Å². The summed E-state index contributed by atoms with van der Waals surface area (Å²) in [7, 11) is 0. The number of nitro benzene ring substituents is 1. The van der Waals surface area contributed by atoms with Gasteiger partial charge in [0.25, 0.3) is 5.69 Å². The first-order valence-electron chi connectivity index (χ1n) is 6.78. The summed E-state index contributed by atoms with van der Waals surface area (Å²) in [5.74, 6) is 0.743. The highest BCUT2D eigenvalue weighted by atomic mass is 16.6. The molecule has 0 aliphatic carbocycles. The van der Waals surface area contributed by atoms with Crippen molar-refractivity contribution in [2.45, 2.75) is 32.8 Å². The molecule has 1 saturated heterocycles. The highest BCUT2D eigenvalue weighted by molar-refractivity contribution is 5.64. The number of rotatable bonds is 4. The smallest absolute Gasteiger partial charge is 0.292 e. The van der Waals surface area contributed by atoms with Gasteiger partial charge in [-0.2, -0.15) is 0 Å². The van der Waals surface area contributed by atoms with E-state index >= 15 is 0 Å². The van der Waals surface area contributed by atoms with Gasteiger partial charge in [0.1, 0.15) is 5.69 Å². The lowest BCUT2D eigenvalue weighted by atomic mass is 9.94. The fourth-order valence-electron chi connectivity index (χ4n) is 2.66. The van der Waals surface area contributed by atoms with Gasteiger partial charge in [0, 0.05) is 19.2 Å². The van der Waals surface area contributed by atoms with Crippen LogP contribution in [0.4, 0.5) is 11.4 Å². The Bertz CT molecular complexity index is 454. The molecule has 0 bridgehead atoms. The van der Waals surface area contributed by atoms with Crippen LogP contribution in [-0.2, 0) is 6.61 Å². The standard InChI is InChI=1S/C14H20N2O3/c1-2-11-5-7-15(8-6-11)13-4-3-12(10-17)9-14(13)16(18)19/h3-4,9,11,17H,2,5-8,10H2,1H3.